The van der Waals surface area contributed by atoms with Crippen LogP contribution in [-0.4, -0.2) is 159 Å². The zero-order valence-corrected chi connectivity index (χ0v) is 32.6. The van der Waals surface area contributed by atoms with Crippen LogP contribution >= 0.6 is 7.82 Å². The molecule has 18 nitrogen and oxygen atoms in total. The second kappa shape index (κ2) is 27.9. The van der Waals surface area contributed by atoms with Crippen LogP contribution in [0.25, 0.3) is 0 Å². The molecule has 0 aliphatic carbocycles. The largest absolute Gasteiger partial charge is 3.00 e. The Bertz CT molecular complexity index is 1120. The van der Waals surface area contributed by atoms with Crippen LogP contribution in [0.15, 0.2) is 12.3 Å². The number of carboxylic acids is 2. The predicted molar refractivity (Wildman–Crippen MR) is 172 cm³/mol. The van der Waals surface area contributed by atoms with Crippen LogP contribution in [0.3, 0.4) is 0 Å². The Morgan fingerprint density at radius 3 is 1.61 bits per heavy atom. The van der Waals surface area contributed by atoms with Gasteiger partial charge in [-0.3, -0.25) is 43.0 Å². The number of ketones is 1. The number of esters is 2. The van der Waals surface area contributed by atoms with Gasteiger partial charge in [0, 0.05) is 91.3 Å². The van der Waals surface area contributed by atoms with E-state index in [2.05, 4.69) is 6.58 Å². The van der Waals surface area contributed by atoms with E-state index >= 15 is 0 Å². The molecular weight excluding hydrogens is 841 g/mol. The number of phosphoric acid groups is 1. The van der Waals surface area contributed by atoms with Gasteiger partial charge in [-0.1, -0.05) is 13.8 Å². The van der Waals surface area contributed by atoms with Crippen molar-refractivity contribution in [2.75, 3.05) is 98.4 Å². The van der Waals surface area contributed by atoms with Crippen LogP contribution in [0.2, 0.25) is 0 Å². The molecule has 0 aromatic carbocycles. The second-order valence-electron chi connectivity index (χ2n) is 11.9. The van der Waals surface area contributed by atoms with Gasteiger partial charge in [-0.05, 0) is 19.3 Å². The van der Waals surface area contributed by atoms with Crippen LogP contribution in [0.5, 0.6) is 0 Å². The molecule has 0 spiro atoms. The van der Waals surface area contributed by atoms with E-state index in [4.69, 9.17) is 18.5 Å². The minimum absolute atomic E-state index is 0. The summed E-state index contributed by atoms with van der Waals surface area (Å²) < 4.78 is 32.6. The van der Waals surface area contributed by atoms with Gasteiger partial charge in [-0.15, -0.1) is 12.3 Å². The first-order valence-electron chi connectivity index (χ1n) is 16.7. The van der Waals surface area contributed by atoms with Crippen molar-refractivity contribution in [2.45, 2.75) is 58.5 Å². The van der Waals surface area contributed by atoms with Crippen molar-refractivity contribution in [1.82, 2.24) is 19.6 Å². The first-order chi connectivity index (χ1) is 23.6. The molecule has 1 saturated heterocycles. The quantitative estimate of drug-likeness (QED) is 0.0469. The Hall–Kier alpha value is -1.64. The van der Waals surface area contributed by atoms with Gasteiger partial charge >= 0.3 is 59.7 Å². The third-order valence-electron chi connectivity index (χ3n) is 7.35. The van der Waals surface area contributed by atoms with E-state index in [-0.39, 0.29) is 156 Å². The van der Waals surface area contributed by atoms with Crippen LogP contribution in [0, 0.1) is 39.9 Å². The van der Waals surface area contributed by atoms with E-state index < -0.39 is 44.4 Å². The minimum atomic E-state index is -4.63. The number of aliphatic carboxylic acids is 2. The Balaban J connectivity index is 0.0000250. The van der Waals surface area contributed by atoms with Crippen molar-refractivity contribution in [1.29, 1.82) is 0 Å². The SMILES string of the molecule is C=C([O-])CN1CCN(CC(=O)[O-])CCN(CC(=O)CCCOP(=O)(O)OCC(COC(=O)CCC)OC(=O)CCC)CCN(CC(=O)[O-])CC1.[Gd+3]. The van der Waals surface area contributed by atoms with Crippen molar-refractivity contribution in [2.24, 2.45) is 0 Å². The van der Waals surface area contributed by atoms with Gasteiger partial charge in [0.15, 0.2) is 6.10 Å². The molecule has 20 heteroatoms. The molecule has 0 amide bonds. The number of rotatable bonds is 23. The monoisotopic (exact) mass is 893 g/mol. The van der Waals surface area contributed by atoms with Gasteiger partial charge in [-0.2, -0.15) is 0 Å². The van der Waals surface area contributed by atoms with Crippen molar-refractivity contribution in [3.63, 3.8) is 0 Å². The maximum absolute atomic E-state index is 12.9. The minimum Gasteiger partial charge on any atom is -0.875 e. The number of carboxylic acid groups (broad SMARTS) is 2. The summed E-state index contributed by atoms with van der Waals surface area (Å²) in [6.45, 7) is 7.11. The Labute approximate surface area is 331 Å². The summed E-state index contributed by atoms with van der Waals surface area (Å²) in [4.78, 5) is 76.2. The second-order valence-corrected chi connectivity index (χ2v) is 13.4. The number of Topliss-reactive ketones (excluding diaryl/α,β-unsaturated/α-hetero) is 1. The molecule has 1 aliphatic rings. The van der Waals surface area contributed by atoms with Gasteiger partial charge < -0.3 is 39.3 Å². The number of carbonyl (C=O) groups is 5. The van der Waals surface area contributed by atoms with Crippen LogP contribution in [0.1, 0.15) is 52.4 Å². The molecule has 1 aliphatic heterocycles. The van der Waals surface area contributed by atoms with Gasteiger partial charge in [0.25, 0.3) is 0 Å². The Kier molecular flexibility index (Phi) is 27.0. The summed E-state index contributed by atoms with van der Waals surface area (Å²) in [6.07, 6.45) is 0.164. The summed E-state index contributed by atoms with van der Waals surface area (Å²) in [6, 6.07) is 0. The number of phosphoric ester groups is 1. The summed E-state index contributed by atoms with van der Waals surface area (Å²) in [5.74, 6) is -4.26. The molecule has 0 aromatic heterocycles. The molecule has 2 unspecified atom stereocenters. The molecule has 0 saturated carbocycles. The van der Waals surface area contributed by atoms with Crippen molar-refractivity contribution < 1.29 is 107 Å². The van der Waals surface area contributed by atoms with Gasteiger partial charge in [-0.25, -0.2) is 4.57 Å². The molecule has 1 heterocycles. The van der Waals surface area contributed by atoms with E-state index in [1.807, 2.05) is 0 Å². The molecule has 1 fully saturated rings. The fraction of sp³-hybridized carbons (Fsp3) is 0.774. The average molecular weight is 893 g/mol. The molecule has 1 N–H and O–H groups in total. The maximum Gasteiger partial charge on any atom is 3.00 e. The van der Waals surface area contributed by atoms with E-state index in [9.17, 15) is 48.8 Å². The van der Waals surface area contributed by atoms with Crippen LogP contribution < -0.4 is 15.3 Å². The smallest absolute Gasteiger partial charge is 0.875 e. The summed E-state index contributed by atoms with van der Waals surface area (Å²) in [5, 5.41) is 34.4. The Morgan fingerprint density at radius 1 is 0.706 bits per heavy atom. The zero-order valence-electron chi connectivity index (χ0n) is 29.5. The summed E-state index contributed by atoms with van der Waals surface area (Å²) in [7, 11) is -4.63. The van der Waals surface area contributed by atoms with Gasteiger partial charge in [0.2, 0.25) is 0 Å². The summed E-state index contributed by atoms with van der Waals surface area (Å²) in [5.41, 5.74) is 0. The average Bonchev–Trinajstić information content (AvgIpc) is 3.01. The zero-order chi connectivity index (χ0) is 37.5. The van der Waals surface area contributed by atoms with Crippen molar-refractivity contribution in [3.8, 4) is 0 Å². The molecule has 51 heavy (non-hydrogen) atoms. The van der Waals surface area contributed by atoms with Crippen LogP contribution in [0.4, 0.5) is 0 Å². The molecular formula is C31H52GdN4O14P. The molecule has 1 radical (unpaired) electrons. The third kappa shape index (κ3) is 25.9. The fourth-order valence-electron chi connectivity index (χ4n) is 4.85. The Morgan fingerprint density at radius 2 is 1.16 bits per heavy atom. The number of nitrogens with zero attached hydrogens (tertiary/aromatic N) is 4. The number of hydrogen-bond acceptors (Lipinski definition) is 17. The predicted octanol–water partition coefficient (Wildman–Crippen LogP) is -2.88. The molecule has 293 valence electrons. The molecule has 2 atom stereocenters. The van der Waals surface area contributed by atoms with Crippen molar-refractivity contribution in [3.05, 3.63) is 12.3 Å². The fourth-order valence-corrected chi connectivity index (χ4v) is 5.63. The van der Waals surface area contributed by atoms with Crippen LogP contribution in [-0.2, 0) is 47.1 Å². The van der Waals surface area contributed by atoms with E-state index in [1.54, 1.807) is 33.4 Å². The standard InChI is InChI=1S/C31H55N4O14P.Gd/c1-4-7-30(42)46-23-27(49-31(43)8-5-2)24-48-50(44,45)47-18-6-9-26(37)20-33-12-16-34(21-28(38)39)14-10-32(19-25(3)36)11-15-35(17-13-33)22-29(40)41;/h27,36H,3-24H2,1-2H3,(H,38,39)(H,40,41)(H,44,45);/q;+3/p-3. The number of hydrogen-bond donors (Lipinski definition) is 1. The van der Waals surface area contributed by atoms with Gasteiger partial charge in [0.1, 0.15) is 12.4 Å². The maximum atomic E-state index is 12.9. The first-order valence-corrected chi connectivity index (χ1v) is 18.2. The van der Waals surface area contributed by atoms with Gasteiger partial charge in [0.05, 0.1) is 31.7 Å². The van der Waals surface area contributed by atoms with E-state index in [1.165, 1.54) is 0 Å². The summed E-state index contributed by atoms with van der Waals surface area (Å²) >= 11 is 0. The normalized spacial score (nSPS) is 17.5. The molecule has 1 rings (SSSR count). The van der Waals surface area contributed by atoms with E-state index in [0.717, 1.165) is 0 Å². The third-order valence-corrected chi connectivity index (χ3v) is 8.33. The number of ether oxygens (including phenoxy) is 2. The number of carbonyl (C=O) groups excluding carboxylic acids is 5. The van der Waals surface area contributed by atoms with Crippen molar-refractivity contribution >= 4 is 37.5 Å². The topological polar surface area (TPSA) is 242 Å². The van der Waals surface area contributed by atoms with E-state index in [0.29, 0.717) is 25.9 Å². The first kappa shape index (κ1) is 49.4. The molecule has 0 bridgehead atoms. The molecule has 0 aromatic rings.